The summed E-state index contributed by atoms with van der Waals surface area (Å²) in [6, 6.07) is 13.8. The third kappa shape index (κ3) is 7.23. The van der Waals surface area contributed by atoms with E-state index in [0.717, 1.165) is 11.1 Å². The quantitative estimate of drug-likeness (QED) is 0.315. The van der Waals surface area contributed by atoms with Crippen LogP contribution in [0.15, 0.2) is 47.5 Å². The van der Waals surface area contributed by atoms with Gasteiger partial charge in [0.1, 0.15) is 6.54 Å². The number of likely N-dealkylation sites (N-methyl/N-ethyl adjacent to an activating group) is 1. The van der Waals surface area contributed by atoms with Crippen LogP contribution in [-0.2, 0) is 9.53 Å². The van der Waals surface area contributed by atoms with Crippen molar-refractivity contribution < 1.29 is 27.5 Å². The Morgan fingerprint density at radius 1 is 1.22 bits per heavy atom. The number of carbonyl (C=O) groups excluding carboxylic acids is 2. The van der Waals surface area contributed by atoms with Crippen molar-refractivity contribution in [2.45, 2.75) is 26.4 Å². The van der Waals surface area contributed by atoms with E-state index in [4.69, 9.17) is 5.26 Å². The molecule has 2 aromatic rings. The maximum absolute atomic E-state index is 12.2. The molecular formula is C23H22F3N3O3. The molecule has 0 unspecified atom stereocenters. The van der Waals surface area contributed by atoms with Crippen molar-refractivity contribution in [2.75, 3.05) is 24.6 Å². The van der Waals surface area contributed by atoms with E-state index in [1.54, 1.807) is 60.5 Å². The highest BCUT2D eigenvalue weighted by molar-refractivity contribution is 6.02. The molecule has 0 fully saturated rings. The van der Waals surface area contributed by atoms with Crippen molar-refractivity contribution in [1.29, 1.82) is 5.26 Å². The minimum Gasteiger partial charge on any atom is -0.455 e. The minimum atomic E-state index is -4.57. The summed E-state index contributed by atoms with van der Waals surface area (Å²) in [7, 11) is 0. The van der Waals surface area contributed by atoms with E-state index in [0.29, 0.717) is 23.5 Å². The van der Waals surface area contributed by atoms with Crippen LogP contribution in [0.3, 0.4) is 0 Å². The van der Waals surface area contributed by atoms with Gasteiger partial charge in [0, 0.05) is 24.0 Å². The molecule has 0 atom stereocenters. The van der Waals surface area contributed by atoms with Crippen LogP contribution in [0.5, 0.6) is 0 Å². The molecule has 0 saturated heterocycles. The molecule has 0 amide bonds. The standard InChI is InChI=1S/C23H22F3N3O3/c1-3-29(14-22(31)32-15-23(24,25)26)18-9-8-17(16(2)12-18)13-28-20-7-5-4-6-19(20)21(30)10-11-27/h4-9,12-13H,3,10,14-15H2,1-2H3. The number of rotatable bonds is 9. The number of hydrogen-bond acceptors (Lipinski definition) is 6. The van der Waals surface area contributed by atoms with Gasteiger partial charge >= 0.3 is 12.1 Å². The molecule has 0 aromatic heterocycles. The lowest BCUT2D eigenvalue weighted by atomic mass is 10.1. The van der Waals surface area contributed by atoms with Crippen LogP contribution < -0.4 is 4.90 Å². The molecule has 32 heavy (non-hydrogen) atoms. The highest BCUT2D eigenvalue weighted by atomic mass is 19.4. The molecule has 0 spiro atoms. The van der Waals surface area contributed by atoms with Gasteiger partial charge in [-0.25, -0.2) is 0 Å². The summed E-state index contributed by atoms with van der Waals surface area (Å²) in [5.41, 5.74) is 3.02. The van der Waals surface area contributed by atoms with Gasteiger partial charge in [-0.3, -0.25) is 14.6 Å². The molecule has 2 aromatic carbocycles. The third-order valence-corrected chi connectivity index (χ3v) is 4.50. The first-order chi connectivity index (χ1) is 15.1. The second kappa shape index (κ2) is 11.1. The first-order valence-corrected chi connectivity index (χ1v) is 9.75. The van der Waals surface area contributed by atoms with Gasteiger partial charge in [-0.05, 0) is 49.2 Å². The summed E-state index contributed by atoms with van der Waals surface area (Å²) in [5.74, 6) is -1.28. The number of nitrogens with zero attached hydrogens (tertiary/aromatic N) is 3. The SMILES string of the molecule is CCN(CC(=O)OCC(F)(F)F)c1ccc(C=Nc2ccccc2C(=O)CC#N)c(C)c1. The molecule has 0 aliphatic carbocycles. The number of ether oxygens (including phenoxy) is 1. The Labute approximate surface area is 183 Å². The van der Waals surface area contributed by atoms with Gasteiger partial charge < -0.3 is 9.64 Å². The number of aliphatic imine (C=N–C) groups is 1. The Kier molecular flexibility index (Phi) is 8.53. The number of carbonyl (C=O) groups is 2. The van der Waals surface area contributed by atoms with E-state index in [1.165, 1.54) is 0 Å². The van der Waals surface area contributed by atoms with E-state index in [2.05, 4.69) is 9.73 Å². The Morgan fingerprint density at radius 2 is 1.94 bits per heavy atom. The molecule has 168 valence electrons. The van der Waals surface area contributed by atoms with Crippen LogP contribution >= 0.6 is 0 Å². The Balaban J connectivity index is 2.16. The number of esters is 1. The van der Waals surface area contributed by atoms with Crippen LogP contribution in [0, 0.1) is 18.3 Å². The van der Waals surface area contributed by atoms with Gasteiger partial charge in [0.15, 0.2) is 12.4 Å². The molecular weight excluding hydrogens is 423 g/mol. The number of ketones is 1. The van der Waals surface area contributed by atoms with Crippen LogP contribution in [0.2, 0.25) is 0 Å². The maximum Gasteiger partial charge on any atom is 0.422 e. The van der Waals surface area contributed by atoms with E-state index in [-0.39, 0.29) is 18.7 Å². The van der Waals surface area contributed by atoms with E-state index in [9.17, 15) is 22.8 Å². The van der Waals surface area contributed by atoms with Crippen molar-refractivity contribution in [2.24, 2.45) is 4.99 Å². The van der Waals surface area contributed by atoms with Crippen molar-refractivity contribution in [3.8, 4) is 6.07 Å². The fourth-order valence-corrected chi connectivity index (χ4v) is 2.88. The van der Waals surface area contributed by atoms with E-state index in [1.807, 2.05) is 13.0 Å². The predicted octanol–water partition coefficient (Wildman–Crippen LogP) is 4.77. The van der Waals surface area contributed by atoms with Crippen LogP contribution in [0.4, 0.5) is 24.5 Å². The molecule has 0 aliphatic rings. The highest BCUT2D eigenvalue weighted by Gasteiger charge is 2.29. The lowest BCUT2D eigenvalue weighted by Gasteiger charge is -2.23. The molecule has 0 aliphatic heterocycles. The van der Waals surface area contributed by atoms with Crippen molar-refractivity contribution in [1.82, 2.24) is 0 Å². The number of halogens is 3. The fourth-order valence-electron chi connectivity index (χ4n) is 2.88. The van der Waals surface area contributed by atoms with Gasteiger partial charge in [0.25, 0.3) is 0 Å². The zero-order valence-corrected chi connectivity index (χ0v) is 17.6. The van der Waals surface area contributed by atoms with Gasteiger partial charge in [-0.1, -0.05) is 18.2 Å². The van der Waals surface area contributed by atoms with Gasteiger partial charge in [-0.2, -0.15) is 18.4 Å². The summed E-state index contributed by atoms with van der Waals surface area (Å²) in [4.78, 5) is 29.8. The molecule has 6 nitrogen and oxygen atoms in total. The maximum atomic E-state index is 12.2. The molecule has 0 saturated carbocycles. The molecule has 9 heteroatoms. The van der Waals surface area contributed by atoms with Crippen LogP contribution in [-0.4, -0.2) is 43.8 Å². The average molecular weight is 445 g/mol. The Morgan fingerprint density at radius 3 is 2.56 bits per heavy atom. The average Bonchev–Trinajstić information content (AvgIpc) is 2.75. The molecule has 0 heterocycles. The largest absolute Gasteiger partial charge is 0.455 e. The fraction of sp³-hybridized carbons (Fsp3) is 0.304. The van der Waals surface area contributed by atoms with Crippen molar-refractivity contribution >= 4 is 29.3 Å². The summed E-state index contributed by atoms with van der Waals surface area (Å²) in [5, 5.41) is 8.75. The number of para-hydroxylation sites is 1. The number of benzene rings is 2. The van der Waals surface area contributed by atoms with Crippen LogP contribution in [0.1, 0.15) is 34.8 Å². The van der Waals surface area contributed by atoms with E-state index >= 15 is 0 Å². The van der Waals surface area contributed by atoms with Crippen molar-refractivity contribution in [3.63, 3.8) is 0 Å². The number of alkyl halides is 3. The van der Waals surface area contributed by atoms with Gasteiger partial charge in [0.05, 0.1) is 18.2 Å². The molecule has 0 radical (unpaired) electrons. The van der Waals surface area contributed by atoms with Gasteiger partial charge in [0.2, 0.25) is 0 Å². The Hall–Kier alpha value is -3.67. The number of Topliss-reactive ketones (excluding diaryl/α,β-unsaturated/α-hetero) is 1. The van der Waals surface area contributed by atoms with E-state index < -0.39 is 18.8 Å². The lowest BCUT2D eigenvalue weighted by molar-refractivity contribution is -0.185. The first-order valence-electron chi connectivity index (χ1n) is 9.75. The third-order valence-electron chi connectivity index (χ3n) is 4.50. The normalized spacial score (nSPS) is 11.2. The zero-order chi connectivity index (χ0) is 23.7. The Bertz CT molecular complexity index is 1040. The van der Waals surface area contributed by atoms with Crippen molar-refractivity contribution in [3.05, 3.63) is 59.2 Å². The first kappa shape index (κ1) is 24.6. The lowest BCUT2D eigenvalue weighted by Crippen LogP contribution is -2.32. The number of aryl methyl sites for hydroxylation is 1. The monoisotopic (exact) mass is 445 g/mol. The zero-order valence-electron chi connectivity index (χ0n) is 17.6. The number of hydrogen-bond donors (Lipinski definition) is 0. The van der Waals surface area contributed by atoms with Gasteiger partial charge in [-0.15, -0.1) is 0 Å². The summed E-state index contributed by atoms with van der Waals surface area (Å²) < 4.78 is 40.9. The smallest absolute Gasteiger partial charge is 0.422 e. The molecule has 0 bridgehead atoms. The number of nitriles is 1. The molecule has 0 N–H and O–H groups in total. The summed E-state index contributed by atoms with van der Waals surface area (Å²) >= 11 is 0. The topological polar surface area (TPSA) is 82.8 Å². The predicted molar refractivity (Wildman–Crippen MR) is 114 cm³/mol. The second-order valence-corrected chi connectivity index (χ2v) is 6.86. The number of anilines is 1. The second-order valence-electron chi connectivity index (χ2n) is 6.86. The summed E-state index contributed by atoms with van der Waals surface area (Å²) in [6.07, 6.45) is -3.22. The van der Waals surface area contributed by atoms with Crippen LogP contribution in [0.25, 0.3) is 0 Å². The summed E-state index contributed by atoms with van der Waals surface area (Å²) in [6.45, 7) is 2.07. The minimum absolute atomic E-state index is 0.238. The molecule has 2 rings (SSSR count). The highest BCUT2D eigenvalue weighted by Crippen LogP contribution is 2.22.